The van der Waals surface area contributed by atoms with Crippen LogP contribution >= 0.6 is 11.6 Å². The summed E-state index contributed by atoms with van der Waals surface area (Å²) in [6.45, 7) is 4.45. The molecule has 0 atom stereocenters. The van der Waals surface area contributed by atoms with E-state index in [0.29, 0.717) is 18.0 Å². The van der Waals surface area contributed by atoms with E-state index in [0.717, 1.165) is 34.1 Å². The molecule has 0 spiro atoms. The van der Waals surface area contributed by atoms with E-state index < -0.39 is 0 Å². The molecule has 0 bridgehead atoms. The summed E-state index contributed by atoms with van der Waals surface area (Å²) in [6, 6.07) is 14.9. The summed E-state index contributed by atoms with van der Waals surface area (Å²) in [5, 5.41) is 6.83. The summed E-state index contributed by atoms with van der Waals surface area (Å²) in [5.41, 5.74) is 4.50. The first-order chi connectivity index (χ1) is 13.0. The number of carbonyl (C=O) groups excluding carboxylic acids is 1. The van der Waals surface area contributed by atoms with E-state index in [1.54, 1.807) is 18.3 Å². The van der Waals surface area contributed by atoms with Crippen LogP contribution in [0.3, 0.4) is 0 Å². The van der Waals surface area contributed by atoms with E-state index in [4.69, 9.17) is 11.6 Å². The molecule has 0 radical (unpaired) electrons. The van der Waals surface area contributed by atoms with Gasteiger partial charge in [-0.3, -0.25) is 14.8 Å². The Morgan fingerprint density at radius 3 is 2.52 bits per heavy atom. The predicted molar refractivity (Wildman–Crippen MR) is 112 cm³/mol. The van der Waals surface area contributed by atoms with E-state index in [-0.39, 0.29) is 5.91 Å². The first-order valence-corrected chi connectivity index (χ1v) is 9.03. The molecular formula is C21H21ClN4O. The third-order valence-corrected chi connectivity index (χ3v) is 4.23. The van der Waals surface area contributed by atoms with Gasteiger partial charge in [0.25, 0.3) is 0 Å². The number of allylic oxidation sites excluding steroid dienone is 1. The van der Waals surface area contributed by atoms with E-state index in [1.165, 1.54) is 0 Å². The lowest BCUT2D eigenvalue weighted by Crippen LogP contribution is -2.25. The Kier molecular flexibility index (Phi) is 6.04. The van der Waals surface area contributed by atoms with Crippen molar-refractivity contribution in [3.63, 3.8) is 0 Å². The highest BCUT2D eigenvalue weighted by Gasteiger charge is 2.08. The minimum Gasteiger partial charge on any atom is -0.342 e. The normalized spacial score (nSPS) is 16.0. The van der Waals surface area contributed by atoms with Crippen LogP contribution < -0.4 is 10.6 Å². The number of nitrogens with one attached hydrogen (secondary N) is 2. The standard InChI is InChI=1S/C21H21ClN4O/c1-14-12-24-21(25-15(2)13-23-14)17-5-9-19(10-6-17)26-20(27)11-16-3-7-18(22)8-4-16/h3-10,13H,11-12H2,1-2H3,(H,24,25)(H,26,27)/b15-13+,23-14?. The summed E-state index contributed by atoms with van der Waals surface area (Å²) < 4.78 is 0. The lowest BCUT2D eigenvalue weighted by Gasteiger charge is -2.13. The highest BCUT2D eigenvalue weighted by Crippen LogP contribution is 2.13. The molecule has 0 fully saturated rings. The van der Waals surface area contributed by atoms with Crippen molar-refractivity contribution in [2.24, 2.45) is 9.98 Å². The quantitative estimate of drug-likeness (QED) is 0.835. The van der Waals surface area contributed by atoms with Crippen molar-refractivity contribution in [1.82, 2.24) is 5.32 Å². The Balaban J connectivity index is 1.65. The molecule has 0 saturated carbocycles. The molecule has 27 heavy (non-hydrogen) atoms. The fraction of sp³-hybridized carbons (Fsp3) is 0.190. The first-order valence-electron chi connectivity index (χ1n) is 8.66. The molecule has 0 aliphatic carbocycles. The lowest BCUT2D eigenvalue weighted by molar-refractivity contribution is -0.115. The van der Waals surface area contributed by atoms with Gasteiger partial charge in [0, 0.05) is 33.9 Å². The first kappa shape index (κ1) is 18.9. The Labute approximate surface area is 163 Å². The summed E-state index contributed by atoms with van der Waals surface area (Å²) in [5.74, 6) is 0.717. The number of halogens is 1. The van der Waals surface area contributed by atoms with Crippen molar-refractivity contribution in [2.45, 2.75) is 20.3 Å². The molecule has 6 heteroatoms. The van der Waals surface area contributed by atoms with Crippen molar-refractivity contribution in [3.8, 4) is 0 Å². The molecule has 0 unspecified atom stereocenters. The average Bonchev–Trinajstić information content (AvgIpc) is 2.64. The molecule has 2 aromatic carbocycles. The average molecular weight is 381 g/mol. The molecule has 1 aliphatic rings. The van der Waals surface area contributed by atoms with Gasteiger partial charge >= 0.3 is 0 Å². The van der Waals surface area contributed by atoms with Crippen molar-refractivity contribution in [1.29, 1.82) is 0 Å². The largest absolute Gasteiger partial charge is 0.342 e. The smallest absolute Gasteiger partial charge is 0.228 e. The van der Waals surface area contributed by atoms with Crippen LogP contribution in [-0.4, -0.2) is 24.0 Å². The SMILES string of the molecule is CC1=N/C=C(\C)NC(c2ccc(NC(=O)Cc3ccc(Cl)cc3)cc2)=NC1. The Morgan fingerprint density at radius 2 is 1.81 bits per heavy atom. The number of hydrogen-bond acceptors (Lipinski definition) is 4. The van der Waals surface area contributed by atoms with Gasteiger partial charge in [0.05, 0.1) is 13.0 Å². The number of anilines is 1. The molecule has 1 aliphatic heterocycles. The number of aliphatic imine (C=N–C) groups is 2. The van der Waals surface area contributed by atoms with Crippen LogP contribution in [-0.2, 0) is 11.2 Å². The maximum absolute atomic E-state index is 12.2. The summed E-state index contributed by atoms with van der Waals surface area (Å²) in [6.07, 6.45) is 2.10. The number of nitrogens with zero attached hydrogens (tertiary/aromatic N) is 2. The third-order valence-electron chi connectivity index (χ3n) is 3.98. The monoisotopic (exact) mass is 380 g/mol. The van der Waals surface area contributed by atoms with Crippen LogP contribution in [0.15, 0.2) is 70.4 Å². The summed E-state index contributed by atoms with van der Waals surface area (Å²) in [7, 11) is 0. The topological polar surface area (TPSA) is 65.8 Å². The van der Waals surface area contributed by atoms with Crippen LogP contribution in [0, 0.1) is 0 Å². The van der Waals surface area contributed by atoms with E-state index in [9.17, 15) is 4.79 Å². The molecule has 2 aromatic rings. The van der Waals surface area contributed by atoms with Gasteiger partial charge in [-0.2, -0.15) is 0 Å². The second-order valence-corrected chi connectivity index (χ2v) is 6.83. The summed E-state index contributed by atoms with van der Waals surface area (Å²) >= 11 is 5.87. The van der Waals surface area contributed by atoms with Crippen molar-refractivity contribution >= 4 is 34.7 Å². The zero-order valence-electron chi connectivity index (χ0n) is 15.3. The van der Waals surface area contributed by atoms with Gasteiger partial charge in [-0.15, -0.1) is 0 Å². The number of hydrogen-bond donors (Lipinski definition) is 2. The number of amides is 1. The Bertz CT molecular complexity index is 912. The van der Waals surface area contributed by atoms with Gasteiger partial charge in [0.2, 0.25) is 5.91 Å². The van der Waals surface area contributed by atoms with Gasteiger partial charge in [-0.25, -0.2) is 0 Å². The Hall–Kier alpha value is -2.92. The van der Waals surface area contributed by atoms with Gasteiger partial charge in [0.15, 0.2) is 0 Å². The number of rotatable bonds is 4. The molecule has 2 N–H and O–H groups in total. The Morgan fingerprint density at radius 1 is 1.11 bits per heavy atom. The van der Waals surface area contributed by atoms with Gasteiger partial charge in [0.1, 0.15) is 5.84 Å². The number of carbonyl (C=O) groups is 1. The summed E-state index contributed by atoms with van der Waals surface area (Å²) in [4.78, 5) is 21.1. The fourth-order valence-electron chi connectivity index (χ4n) is 2.57. The lowest BCUT2D eigenvalue weighted by atomic mass is 10.1. The highest BCUT2D eigenvalue weighted by atomic mass is 35.5. The van der Waals surface area contributed by atoms with Gasteiger partial charge in [-0.1, -0.05) is 23.7 Å². The highest BCUT2D eigenvalue weighted by molar-refractivity contribution is 6.30. The predicted octanol–water partition coefficient (Wildman–Crippen LogP) is 4.19. The maximum Gasteiger partial charge on any atom is 0.228 e. The molecule has 5 nitrogen and oxygen atoms in total. The minimum atomic E-state index is -0.0721. The molecule has 0 aromatic heterocycles. The van der Waals surface area contributed by atoms with Crippen LogP contribution in [0.2, 0.25) is 5.02 Å². The molecule has 1 heterocycles. The second-order valence-electron chi connectivity index (χ2n) is 6.40. The van der Waals surface area contributed by atoms with Crippen LogP contribution in [0.1, 0.15) is 25.0 Å². The van der Waals surface area contributed by atoms with Crippen molar-refractivity contribution in [2.75, 3.05) is 11.9 Å². The molecule has 138 valence electrons. The van der Waals surface area contributed by atoms with E-state index in [1.807, 2.05) is 50.2 Å². The van der Waals surface area contributed by atoms with Crippen LogP contribution in [0.4, 0.5) is 5.69 Å². The van der Waals surface area contributed by atoms with Gasteiger partial charge in [-0.05, 0) is 55.8 Å². The fourth-order valence-corrected chi connectivity index (χ4v) is 2.69. The minimum absolute atomic E-state index is 0.0721. The molecule has 3 rings (SSSR count). The van der Waals surface area contributed by atoms with Crippen molar-refractivity contribution in [3.05, 3.63) is 76.6 Å². The second kappa shape index (κ2) is 8.64. The molecule has 0 saturated heterocycles. The zero-order valence-corrected chi connectivity index (χ0v) is 16.0. The molecular weight excluding hydrogens is 360 g/mol. The van der Waals surface area contributed by atoms with Gasteiger partial charge < -0.3 is 10.6 Å². The van der Waals surface area contributed by atoms with Crippen LogP contribution in [0.5, 0.6) is 0 Å². The van der Waals surface area contributed by atoms with Crippen molar-refractivity contribution < 1.29 is 4.79 Å². The van der Waals surface area contributed by atoms with Crippen LogP contribution in [0.25, 0.3) is 0 Å². The van der Waals surface area contributed by atoms with E-state index >= 15 is 0 Å². The molecule has 1 amide bonds. The zero-order chi connectivity index (χ0) is 19.2. The maximum atomic E-state index is 12.2. The third kappa shape index (κ3) is 5.53. The number of benzene rings is 2. The van der Waals surface area contributed by atoms with E-state index in [2.05, 4.69) is 20.6 Å². The number of amidine groups is 1.